The van der Waals surface area contributed by atoms with Gasteiger partial charge in [0.15, 0.2) is 0 Å². The molecular weight excluding hydrogens is 446 g/mol. The maximum atomic E-state index is 13.4. The minimum absolute atomic E-state index is 0.186. The quantitative estimate of drug-likeness (QED) is 0.298. The van der Waals surface area contributed by atoms with E-state index in [4.69, 9.17) is 0 Å². The minimum atomic E-state index is -0.353. The van der Waals surface area contributed by atoms with Gasteiger partial charge < -0.3 is 15.2 Å². The summed E-state index contributed by atoms with van der Waals surface area (Å²) in [5, 5.41) is 8.08. The zero-order valence-corrected chi connectivity index (χ0v) is 20.2. The Hall–Kier alpha value is -4.64. The Morgan fingerprint density at radius 1 is 0.778 bits per heavy atom. The summed E-state index contributed by atoms with van der Waals surface area (Å²) in [6.07, 6.45) is 1.73. The normalized spacial score (nSPS) is 12.4. The number of para-hydroxylation sites is 1. The molecular formula is C31H27N3O2. The van der Waals surface area contributed by atoms with Crippen LogP contribution in [0.2, 0.25) is 0 Å². The first-order chi connectivity index (χ1) is 17.5. The number of amides is 2. The number of nitrogens with zero attached hydrogens (tertiary/aromatic N) is 1. The second-order valence-corrected chi connectivity index (χ2v) is 8.84. The highest BCUT2D eigenvalue weighted by Gasteiger charge is 2.18. The molecule has 0 saturated heterocycles. The number of hydrogen-bond donors (Lipinski definition) is 2. The van der Waals surface area contributed by atoms with Gasteiger partial charge in [-0.3, -0.25) is 9.59 Å². The molecule has 5 nitrogen and oxygen atoms in total. The third-order valence-corrected chi connectivity index (χ3v) is 6.42. The highest BCUT2D eigenvalue weighted by molar-refractivity contribution is 6.09. The molecule has 5 rings (SSSR count). The van der Waals surface area contributed by atoms with E-state index in [1.165, 1.54) is 0 Å². The smallest absolute Gasteiger partial charge is 0.268 e. The van der Waals surface area contributed by atoms with Crippen molar-refractivity contribution in [3.05, 3.63) is 126 Å². The number of aromatic nitrogens is 1. The van der Waals surface area contributed by atoms with Gasteiger partial charge in [0.1, 0.15) is 5.70 Å². The van der Waals surface area contributed by atoms with Crippen molar-refractivity contribution in [2.45, 2.75) is 13.0 Å². The highest BCUT2D eigenvalue weighted by atomic mass is 16.2. The molecule has 4 aromatic carbocycles. The molecule has 2 amide bonds. The maximum Gasteiger partial charge on any atom is 0.268 e. The fourth-order valence-electron chi connectivity index (χ4n) is 4.48. The molecule has 0 saturated carbocycles. The SMILES string of the molecule is C[C@@H](NC(=O)/C(=C\c1ccc2c(c1)c1ccccc1n2C)NC(=O)c1ccccc1)c1ccccc1. The van der Waals surface area contributed by atoms with Gasteiger partial charge in [0.2, 0.25) is 0 Å². The van der Waals surface area contributed by atoms with Gasteiger partial charge in [0, 0.05) is 34.4 Å². The molecule has 1 heterocycles. The summed E-state index contributed by atoms with van der Waals surface area (Å²) in [5.74, 6) is -0.691. The van der Waals surface area contributed by atoms with Crippen LogP contribution in [-0.2, 0) is 11.8 Å². The van der Waals surface area contributed by atoms with Gasteiger partial charge in [-0.15, -0.1) is 0 Å². The molecule has 2 N–H and O–H groups in total. The number of carbonyl (C=O) groups excluding carboxylic acids is 2. The zero-order valence-electron chi connectivity index (χ0n) is 20.2. The first-order valence-corrected chi connectivity index (χ1v) is 11.9. The van der Waals surface area contributed by atoms with Crippen LogP contribution in [0.15, 0.2) is 109 Å². The Morgan fingerprint density at radius 2 is 1.42 bits per heavy atom. The summed E-state index contributed by atoms with van der Waals surface area (Å²) in [5.41, 5.74) is 4.72. The Morgan fingerprint density at radius 3 is 2.17 bits per heavy atom. The van der Waals surface area contributed by atoms with E-state index in [2.05, 4.69) is 33.4 Å². The van der Waals surface area contributed by atoms with Gasteiger partial charge in [0.25, 0.3) is 11.8 Å². The Bertz CT molecular complexity index is 1580. The third kappa shape index (κ3) is 4.64. The molecule has 5 aromatic rings. The van der Waals surface area contributed by atoms with Gasteiger partial charge in [-0.25, -0.2) is 0 Å². The van der Waals surface area contributed by atoms with Crippen LogP contribution in [0.3, 0.4) is 0 Å². The molecule has 0 spiro atoms. The lowest BCUT2D eigenvalue weighted by Crippen LogP contribution is -2.36. The van der Waals surface area contributed by atoms with E-state index in [9.17, 15) is 9.59 Å². The van der Waals surface area contributed by atoms with Gasteiger partial charge in [0.05, 0.1) is 6.04 Å². The Labute approximate surface area is 210 Å². The monoisotopic (exact) mass is 473 g/mol. The van der Waals surface area contributed by atoms with Crippen LogP contribution < -0.4 is 10.6 Å². The van der Waals surface area contributed by atoms with Crippen LogP contribution in [0, 0.1) is 0 Å². The third-order valence-electron chi connectivity index (χ3n) is 6.42. The molecule has 0 aliphatic carbocycles. The van der Waals surface area contributed by atoms with Crippen molar-refractivity contribution in [1.82, 2.24) is 15.2 Å². The number of aryl methyl sites for hydroxylation is 1. The van der Waals surface area contributed by atoms with E-state index in [1.807, 2.05) is 74.6 Å². The minimum Gasteiger partial charge on any atom is -0.344 e. The van der Waals surface area contributed by atoms with Crippen molar-refractivity contribution >= 4 is 39.7 Å². The van der Waals surface area contributed by atoms with E-state index in [0.717, 1.165) is 32.9 Å². The van der Waals surface area contributed by atoms with Crippen molar-refractivity contribution < 1.29 is 9.59 Å². The summed E-state index contributed by atoms with van der Waals surface area (Å²) in [6, 6.07) is 32.7. The van der Waals surface area contributed by atoms with Gasteiger partial charge >= 0.3 is 0 Å². The largest absolute Gasteiger partial charge is 0.344 e. The molecule has 0 unspecified atom stereocenters. The lowest BCUT2D eigenvalue weighted by atomic mass is 10.1. The van der Waals surface area contributed by atoms with Crippen LogP contribution in [0.25, 0.3) is 27.9 Å². The molecule has 0 aliphatic rings. The molecule has 178 valence electrons. The summed E-state index contributed by atoms with van der Waals surface area (Å²) in [7, 11) is 2.05. The van der Waals surface area contributed by atoms with Crippen molar-refractivity contribution in [3.8, 4) is 0 Å². The number of hydrogen-bond acceptors (Lipinski definition) is 2. The number of carbonyl (C=O) groups is 2. The second-order valence-electron chi connectivity index (χ2n) is 8.84. The fourth-order valence-corrected chi connectivity index (χ4v) is 4.48. The van der Waals surface area contributed by atoms with Gasteiger partial charge in [-0.1, -0.05) is 72.8 Å². The van der Waals surface area contributed by atoms with Crippen LogP contribution in [0.4, 0.5) is 0 Å². The summed E-state index contributed by atoms with van der Waals surface area (Å²) >= 11 is 0. The number of rotatable bonds is 6. The van der Waals surface area contributed by atoms with E-state index >= 15 is 0 Å². The lowest BCUT2D eigenvalue weighted by Gasteiger charge is -2.17. The second kappa shape index (κ2) is 9.92. The molecule has 0 aliphatic heterocycles. The Kier molecular flexibility index (Phi) is 6.37. The lowest BCUT2D eigenvalue weighted by molar-refractivity contribution is -0.118. The predicted octanol–water partition coefficient (Wildman–Crippen LogP) is 5.98. The number of nitrogens with one attached hydrogen (secondary N) is 2. The van der Waals surface area contributed by atoms with E-state index in [-0.39, 0.29) is 23.6 Å². The molecule has 1 atom stereocenters. The molecule has 36 heavy (non-hydrogen) atoms. The van der Waals surface area contributed by atoms with Crippen molar-refractivity contribution in [2.24, 2.45) is 7.05 Å². The molecule has 0 bridgehead atoms. The van der Waals surface area contributed by atoms with E-state index in [0.29, 0.717) is 5.56 Å². The van der Waals surface area contributed by atoms with E-state index < -0.39 is 0 Å². The number of fused-ring (bicyclic) bond motifs is 3. The van der Waals surface area contributed by atoms with Gasteiger partial charge in [-0.05, 0) is 54.5 Å². The van der Waals surface area contributed by atoms with Crippen molar-refractivity contribution in [2.75, 3.05) is 0 Å². The van der Waals surface area contributed by atoms with Crippen molar-refractivity contribution in [3.63, 3.8) is 0 Å². The molecule has 0 radical (unpaired) electrons. The standard InChI is InChI=1S/C31H27N3O2/c1-21(23-11-5-3-6-12-23)32-31(36)27(33-30(35)24-13-7-4-8-14-24)20-22-17-18-29-26(19-22)25-15-9-10-16-28(25)34(29)2/h3-21H,1-2H3,(H,32,36)(H,33,35)/b27-20+/t21-/m1/s1. The average molecular weight is 474 g/mol. The number of benzene rings is 4. The average Bonchev–Trinajstić information content (AvgIpc) is 3.20. The van der Waals surface area contributed by atoms with Crippen LogP contribution in [-0.4, -0.2) is 16.4 Å². The summed E-state index contributed by atoms with van der Waals surface area (Å²) < 4.78 is 2.16. The van der Waals surface area contributed by atoms with Crippen LogP contribution >= 0.6 is 0 Å². The first kappa shape index (κ1) is 23.1. The summed E-state index contributed by atoms with van der Waals surface area (Å²) in [4.78, 5) is 26.3. The van der Waals surface area contributed by atoms with Crippen LogP contribution in [0.1, 0.15) is 34.5 Å². The van der Waals surface area contributed by atoms with Gasteiger partial charge in [-0.2, -0.15) is 0 Å². The highest BCUT2D eigenvalue weighted by Crippen LogP contribution is 2.29. The van der Waals surface area contributed by atoms with Crippen molar-refractivity contribution in [1.29, 1.82) is 0 Å². The Balaban J connectivity index is 1.52. The molecule has 5 heteroatoms. The topological polar surface area (TPSA) is 63.1 Å². The van der Waals surface area contributed by atoms with E-state index in [1.54, 1.807) is 30.3 Å². The summed E-state index contributed by atoms with van der Waals surface area (Å²) in [6.45, 7) is 1.92. The van der Waals surface area contributed by atoms with Crippen LogP contribution in [0.5, 0.6) is 0 Å². The molecule has 0 fully saturated rings. The zero-order chi connectivity index (χ0) is 25.1. The first-order valence-electron chi connectivity index (χ1n) is 11.9. The molecule has 1 aromatic heterocycles. The predicted molar refractivity (Wildman–Crippen MR) is 145 cm³/mol. The fraction of sp³-hybridized carbons (Fsp3) is 0.0968. The maximum absolute atomic E-state index is 13.4.